The number of halogens is 1. The smallest absolute Gasteiger partial charge is 0.323 e. The van der Waals surface area contributed by atoms with E-state index in [0.29, 0.717) is 10.9 Å². The highest BCUT2D eigenvalue weighted by molar-refractivity contribution is 9.10. The molecule has 0 spiro atoms. The molecule has 7 nitrogen and oxygen atoms in total. The van der Waals surface area contributed by atoms with Gasteiger partial charge in [0.05, 0.1) is 11.1 Å². The molecule has 1 aliphatic rings. The number of imide groups is 1. The highest BCUT2D eigenvalue weighted by Gasteiger charge is 2.37. The molecule has 0 aliphatic carbocycles. The average Bonchev–Trinajstić information content (AvgIpc) is 2.71. The first-order valence-corrected chi connectivity index (χ1v) is 7.79. The van der Waals surface area contributed by atoms with Crippen molar-refractivity contribution in [3.63, 3.8) is 0 Å². The zero-order chi connectivity index (χ0) is 17.1. The van der Waals surface area contributed by atoms with Crippen LogP contribution in [0.15, 0.2) is 22.7 Å². The maximum Gasteiger partial charge on any atom is 0.323 e. The van der Waals surface area contributed by atoms with Gasteiger partial charge < -0.3 is 10.0 Å². The Kier molecular flexibility index (Phi) is 5.15. The molecule has 1 aromatic rings. The Morgan fingerprint density at radius 3 is 2.48 bits per heavy atom. The summed E-state index contributed by atoms with van der Waals surface area (Å²) in [6.07, 6.45) is 0.577. The summed E-state index contributed by atoms with van der Waals surface area (Å²) in [5, 5.41) is 8.85. The van der Waals surface area contributed by atoms with Crippen molar-refractivity contribution < 1.29 is 24.3 Å². The molecule has 0 fully saturated rings. The van der Waals surface area contributed by atoms with Crippen molar-refractivity contribution in [1.82, 2.24) is 9.80 Å². The van der Waals surface area contributed by atoms with Gasteiger partial charge in [0.2, 0.25) is 5.91 Å². The van der Waals surface area contributed by atoms with Crippen LogP contribution in [0, 0.1) is 0 Å². The minimum atomic E-state index is -1.14. The van der Waals surface area contributed by atoms with Crippen LogP contribution in [0.4, 0.5) is 0 Å². The standard InChI is InChI=1S/C15H15BrN2O5/c1-2-5-17(8-13(20)21)12(19)7-18-14(22)10-4-3-9(16)6-11(10)15(18)23/h3-4,6H,2,5,7-8H2,1H3,(H,20,21). The van der Waals surface area contributed by atoms with Crippen LogP contribution in [0.25, 0.3) is 0 Å². The summed E-state index contributed by atoms with van der Waals surface area (Å²) in [5.74, 6) is -2.80. The predicted molar refractivity (Wildman–Crippen MR) is 84.0 cm³/mol. The van der Waals surface area contributed by atoms with Gasteiger partial charge in [-0.2, -0.15) is 0 Å². The highest BCUT2D eigenvalue weighted by Crippen LogP contribution is 2.25. The second kappa shape index (κ2) is 6.91. The fraction of sp³-hybridized carbons (Fsp3) is 0.333. The molecule has 1 N–H and O–H groups in total. The molecule has 0 aromatic heterocycles. The molecule has 0 atom stereocenters. The third-order valence-electron chi connectivity index (χ3n) is 3.40. The van der Waals surface area contributed by atoms with Crippen molar-refractivity contribution in [2.45, 2.75) is 13.3 Å². The summed E-state index contributed by atoms with van der Waals surface area (Å²) in [4.78, 5) is 49.6. The molecule has 1 aromatic carbocycles. The van der Waals surface area contributed by atoms with Crippen LogP contribution >= 0.6 is 15.9 Å². The van der Waals surface area contributed by atoms with E-state index in [9.17, 15) is 19.2 Å². The molecule has 2 rings (SSSR count). The molecule has 8 heteroatoms. The molecule has 0 saturated carbocycles. The molecule has 0 radical (unpaired) electrons. The number of carbonyl (C=O) groups is 4. The van der Waals surface area contributed by atoms with Crippen LogP contribution < -0.4 is 0 Å². The first kappa shape index (κ1) is 17.1. The monoisotopic (exact) mass is 382 g/mol. The van der Waals surface area contributed by atoms with Gasteiger partial charge in [-0.25, -0.2) is 0 Å². The number of carbonyl (C=O) groups excluding carboxylic acids is 3. The molecule has 1 aliphatic heterocycles. The highest BCUT2D eigenvalue weighted by atomic mass is 79.9. The summed E-state index contributed by atoms with van der Waals surface area (Å²) < 4.78 is 0.657. The van der Waals surface area contributed by atoms with Crippen molar-refractivity contribution in [2.75, 3.05) is 19.6 Å². The number of fused-ring (bicyclic) bond motifs is 1. The van der Waals surface area contributed by atoms with Crippen LogP contribution in [-0.4, -0.2) is 58.2 Å². The molecular weight excluding hydrogens is 368 g/mol. The minimum Gasteiger partial charge on any atom is -0.480 e. The molecule has 3 amide bonds. The van der Waals surface area contributed by atoms with Crippen LogP contribution in [0.2, 0.25) is 0 Å². The van der Waals surface area contributed by atoms with Crippen LogP contribution in [0.3, 0.4) is 0 Å². The Labute approximate surface area is 141 Å². The van der Waals surface area contributed by atoms with E-state index in [-0.39, 0.29) is 17.7 Å². The van der Waals surface area contributed by atoms with Crippen molar-refractivity contribution >= 4 is 39.6 Å². The lowest BCUT2D eigenvalue weighted by molar-refractivity contribution is -0.144. The van der Waals surface area contributed by atoms with Crippen molar-refractivity contribution in [3.8, 4) is 0 Å². The van der Waals surface area contributed by atoms with Crippen LogP contribution in [-0.2, 0) is 9.59 Å². The van der Waals surface area contributed by atoms with Crippen LogP contribution in [0.5, 0.6) is 0 Å². The average molecular weight is 383 g/mol. The summed E-state index contributed by atoms with van der Waals surface area (Å²) in [5.41, 5.74) is 0.476. The first-order valence-electron chi connectivity index (χ1n) is 7.00. The maximum absolute atomic E-state index is 12.3. The molecule has 0 saturated heterocycles. The molecule has 1 heterocycles. The second-order valence-electron chi connectivity index (χ2n) is 5.10. The lowest BCUT2D eigenvalue weighted by Crippen LogP contribution is -2.44. The third kappa shape index (κ3) is 3.58. The van der Waals surface area contributed by atoms with E-state index in [2.05, 4.69) is 15.9 Å². The number of hydrogen-bond donors (Lipinski definition) is 1. The number of carboxylic acid groups (broad SMARTS) is 1. The Bertz CT molecular complexity index is 688. The van der Waals surface area contributed by atoms with Gasteiger partial charge in [-0.05, 0) is 24.6 Å². The summed E-state index contributed by atoms with van der Waals surface area (Å²) in [6.45, 7) is 1.14. The number of amides is 3. The van der Waals surface area contributed by atoms with Gasteiger partial charge in [0.1, 0.15) is 13.1 Å². The SMILES string of the molecule is CCCN(CC(=O)O)C(=O)CN1C(=O)c2ccc(Br)cc2C1=O. The molecular formula is C15H15BrN2O5. The van der Waals surface area contributed by atoms with Gasteiger partial charge >= 0.3 is 5.97 Å². The third-order valence-corrected chi connectivity index (χ3v) is 3.89. The number of carboxylic acids is 1. The summed E-state index contributed by atoms with van der Waals surface area (Å²) in [6, 6.07) is 4.69. The van der Waals surface area contributed by atoms with Gasteiger partial charge in [0.15, 0.2) is 0 Å². The van der Waals surface area contributed by atoms with E-state index in [1.807, 2.05) is 6.92 Å². The van der Waals surface area contributed by atoms with E-state index in [1.54, 1.807) is 6.07 Å². The first-order chi connectivity index (χ1) is 10.8. The van der Waals surface area contributed by atoms with Crippen molar-refractivity contribution in [3.05, 3.63) is 33.8 Å². The quantitative estimate of drug-likeness (QED) is 0.749. The Morgan fingerprint density at radius 2 is 1.87 bits per heavy atom. The van der Waals surface area contributed by atoms with Gasteiger partial charge in [-0.3, -0.25) is 24.1 Å². The fourth-order valence-corrected chi connectivity index (χ4v) is 2.73. The Balaban J connectivity index is 2.17. The maximum atomic E-state index is 12.3. The number of hydrogen-bond acceptors (Lipinski definition) is 4. The van der Waals surface area contributed by atoms with Gasteiger partial charge in [0.25, 0.3) is 11.8 Å². The second-order valence-corrected chi connectivity index (χ2v) is 6.01. The van der Waals surface area contributed by atoms with E-state index < -0.39 is 36.8 Å². The normalized spacial score (nSPS) is 13.2. The zero-order valence-electron chi connectivity index (χ0n) is 12.4. The topological polar surface area (TPSA) is 95.0 Å². The lowest BCUT2D eigenvalue weighted by Gasteiger charge is -2.22. The Hall–Kier alpha value is -2.22. The van der Waals surface area contributed by atoms with Gasteiger partial charge in [0, 0.05) is 11.0 Å². The number of nitrogens with zero attached hydrogens (tertiary/aromatic N) is 2. The Morgan fingerprint density at radius 1 is 1.22 bits per heavy atom. The molecule has 23 heavy (non-hydrogen) atoms. The van der Waals surface area contributed by atoms with E-state index >= 15 is 0 Å². The van der Waals surface area contributed by atoms with E-state index in [1.165, 1.54) is 12.1 Å². The molecule has 0 unspecified atom stereocenters. The number of benzene rings is 1. The van der Waals surface area contributed by atoms with Gasteiger partial charge in [-0.1, -0.05) is 22.9 Å². The predicted octanol–water partition coefficient (Wildman–Crippen LogP) is 1.37. The van der Waals surface area contributed by atoms with E-state index in [4.69, 9.17) is 5.11 Å². The minimum absolute atomic E-state index is 0.234. The van der Waals surface area contributed by atoms with Crippen LogP contribution in [0.1, 0.15) is 34.1 Å². The molecule has 0 bridgehead atoms. The summed E-state index contributed by atoms with van der Waals surface area (Å²) in [7, 11) is 0. The fourth-order valence-electron chi connectivity index (χ4n) is 2.37. The molecule has 122 valence electrons. The largest absolute Gasteiger partial charge is 0.480 e. The van der Waals surface area contributed by atoms with Crippen molar-refractivity contribution in [1.29, 1.82) is 0 Å². The lowest BCUT2D eigenvalue weighted by atomic mass is 10.1. The van der Waals surface area contributed by atoms with E-state index in [0.717, 1.165) is 9.80 Å². The van der Waals surface area contributed by atoms with Crippen molar-refractivity contribution in [2.24, 2.45) is 0 Å². The number of aliphatic carboxylic acids is 1. The van der Waals surface area contributed by atoms with Gasteiger partial charge in [-0.15, -0.1) is 0 Å². The number of rotatable bonds is 6. The summed E-state index contributed by atoms with van der Waals surface area (Å²) >= 11 is 3.23. The zero-order valence-corrected chi connectivity index (χ0v) is 14.0.